The van der Waals surface area contributed by atoms with Crippen LogP contribution in [0.15, 0.2) is 29.3 Å². The summed E-state index contributed by atoms with van der Waals surface area (Å²) in [5, 5.41) is 13.1. The summed E-state index contributed by atoms with van der Waals surface area (Å²) in [4.78, 5) is 28.9. The van der Waals surface area contributed by atoms with E-state index in [0.29, 0.717) is 11.3 Å². The van der Waals surface area contributed by atoms with Crippen molar-refractivity contribution in [3.05, 3.63) is 29.8 Å². The Morgan fingerprint density at radius 3 is 2.95 bits per heavy atom. The lowest BCUT2D eigenvalue weighted by atomic mass is 9.88. The highest BCUT2D eigenvalue weighted by molar-refractivity contribution is 6.13. The minimum absolute atomic E-state index is 0.0115. The predicted octanol–water partition coefficient (Wildman–Crippen LogP) is 1.66. The van der Waals surface area contributed by atoms with Gasteiger partial charge in [-0.15, -0.1) is 0 Å². The van der Waals surface area contributed by atoms with Gasteiger partial charge >= 0.3 is 0 Å². The van der Waals surface area contributed by atoms with Crippen LogP contribution in [0.1, 0.15) is 36.0 Å². The Labute approximate surface area is 129 Å². The van der Waals surface area contributed by atoms with Crippen LogP contribution in [0.5, 0.6) is 0 Å². The Hall–Kier alpha value is -1.85. The van der Waals surface area contributed by atoms with Crippen molar-refractivity contribution in [3.63, 3.8) is 0 Å². The maximum atomic E-state index is 12.4. The molecule has 0 spiro atoms. The minimum atomic E-state index is -0.483. The number of aliphatic imine (C=N–C) groups is 1. The quantitative estimate of drug-likeness (QED) is 0.886. The lowest BCUT2D eigenvalue weighted by Crippen LogP contribution is -2.46. The Bertz CT molecular complexity index is 612. The molecule has 0 aliphatic carbocycles. The number of rotatable bonds is 4. The van der Waals surface area contributed by atoms with E-state index in [-0.39, 0.29) is 30.4 Å². The van der Waals surface area contributed by atoms with E-state index in [1.54, 1.807) is 24.4 Å². The number of carbonyl (C=O) groups is 2. The van der Waals surface area contributed by atoms with E-state index in [1.807, 2.05) is 6.07 Å². The van der Waals surface area contributed by atoms with Crippen LogP contribution < -0.4 is 5.32 Å². The minimum Gasteiger partial charge on any atom is -0.391 e. The monoisotopic (exact) mass is 300 g/mol. The summed E-state index contributed by atoms with van der Waals surface area (Å²) in [5.74, 6) is -0.540. The molecule has 0 aromatic heterocycles. The molecule has 2 N–H and O–H groups in total. The first-order chi connectivity index (χ1) is 10.6. The zero-order valence-corrected chi connectivity index (χ0v) is 12.4. The molecule has 5 nitrogen and oxygen atoms in total. The number of carbonyl (C=O) groups excluding carboxylic acids is 2. The van der Waals surface area contributed by atoms with Gasteiger partial charge in [-0.05, 0) is 31.5 Å². The maximum absolute atomic E-state index is 12.4. The van der Waals surface area contributed by atoms with Gasteiger partial charge in [0.05, 0.1) is 17.7 Å². The fraction of sp³-hybridized carbons (Fsp3) is 0.471. The first kappa shape index (κ1) is 15.1. The molecule has 2 heterocycles. The predicted molar refractivity (Wildman–Crippen MR) is 83.7 cm³/mol. The van der Waals surface area contributed by atoms with E-state index in [4.69, 9.17) is 0 Å². The van der Waals surface area contributed by atoms with Gasteiger partial charge in [-0.3, -0.25) is 14.6 Å². The molecule has 0 bridgehead atoms. The van der Waals surface area contributed by atoms with Crippen molar-refractivity contribution in [2.75, 3.05) is 6.54 Å². The van der Waals surface area contributed by atoms with E-state index in [9.17, 15) is 14.7 Å². The van der Waals surface area contributed by atoms with Crippen LogP contribution in [0.3, 0.4) is 0 Å². The summed E-state index contributed by atoms with van der Waals surface area (Å²) in [6, 6.07) is 7.00. The van der Waals surface area contributed by atoms with Crippen LogP contribution in [-0.2, 0) is 4.79 Å². The van der Waals surface area contributed by atoms with Crippen LogP contribution in [0.4, 0.5) is 5.69 Å². The second kappa shape index (κ2) is 6.50. The third-order valence-corrected chi connectivity index (χ3v) is 4.34. The first-order valence-corrected chi connectivity index (χ1v) is 7.76. The molecule has 3 rings (SSSR count). The van der Waals surface area contributed by atoms with Crippen molar-refractivity contribution < 1.29 is 14.7 Å². The highest BCUT2D eigenvalue weighted by Gasteiger charge is 2.29. The second-order valence-corrected chi connectivity index (χ2v) is 5.98. The smallest absolute Gasteiger partial charge is 0.173 e. The standard InChI is InChI=1S/C17H20N2O3/c20-12(9-15-16(21)6-3-7-18-15)8-11-10-19-14-5-2-1-4-13(14)17(11)22/h1-2,4-5,10-11,15-16,18,21H,3,6-9H2. The summed E-state index contributed by atoms with van der Waals surface area (Å²) < 4.78 is 0. The van der Waals surface area contributed by atoms with Gasteiger partial charge in [0.2, 0.25) is 0 Å². The molecular formula is C17H20N2O3. The third-order valence-electron chi connectivity index (χ3n) is 4.34. The van der Waals surface area contributed by atoms with Crippen molar-refractivity contribution in [2.24, 2.45) is 10.9 Å². The van der Waals surface area contributed by atoms with Crippen LogP contribution in [0.25, 0.3) is 0 Å². The zero-order valence-electron chi connectivity index (χ0n) is 12.4. The summed E-state index contributed by atoms with van der Waals surface area (Å²) in [5.41, 5.74) is 1.25. The number of nitrogens with zero attached hydrogens (tertiary/aromatic N) is 1. The van der Waals surface area contributed by atoms with E-state index >= 15 is 0 Å². The topological polar surface area (TPSA) is 78.8 Å². The average molecular weight is 300 g/mol. The number of piperidine rings is 1. The van der Waals surface area contributed by atoms with Crippen molar-refractivity contribution in [1.29, 1.82) is 0 Å². The number of aliphatic hydroxyl groups is 1. The van der Waals surface area contributed by atoms with Crippen LogP contribution in [0, 0.1) is 5.92 Å². The van der Waals surface area contributed by atoms with Crippen LogP contribution in [-0.4, -0.2) is 41.6 Å². The molecule has 2 aliphatic heterocycles. The third kappa shape index (κ3) is 3.15. The Morgan fingerprint density at radius 2 is 2.14 bits per heavy atom. The second-order valence-electron chi connectivity index (χ2n) is 5.98. The number of fused-ring (bicyclic) bond motifs is 1. The van der Waals surface area contributed by atoms with E-state index in [1.165, 1.54) is 0 Å². The van der Waals surface area contributed by atoms with Crippen molar-refractivity contribution >= 4 is 23.5 Å². The van der Waals surface area contributed by atoms with Gasteiger partial charge in [0.25, 0.3) is 0 Å². The Morgan fingerprint density at radius 1 is 1.32 bits per heavy atom. The molecule has 3 atom stereocenters. The van der Waals surface area contributed by atoms with Gasteiger partial charge in [-0.25, -0.2) is 0 Å². The van der Waals surface area contributed by atoms with E-state index in [2.05, 4.69) is 10.3 Å². The van der Waals surface area contributed by atoms with Gasteiger partial charge in [-0.2, -0.15) is 0 Å². The number of nitrogens with one attached hydrogen (secondary N) is 1. The molecule has 1 aromatic rings. The molecule has 5 heteroatoms. The largest absolute Gasteiger partial charge is 0.391 e. The molecule has 116 valence electrons. The molecule has 1 saturated heterocycles. The molecule has 3 unspecified atom stereocenters. The summed E-state index contributed by atoms with van der Waals surface area (Å²) >= 11 is 0. The molecular weight excluding hydrogens is 280 g/mol. The highest BCUT2D eigenvalue weighted by Crippen LogP contribution is 2.27. The van der Waals surface area contributed by atoms with E-state index in [0.717, 1.165) is 19.4 Å². The number of ketones is 2. The molecule has 0 amide bonds. The number of benzene rings is 1. The van der Waals surface area contributed by atoms with Crippen molar-refractivity contribution in [1.82, 2.24) is 5.32 Å². The molecule has 0 saturated carbocycles. The molecule has 1 fully saturated rings. The van der Waals surface area contributed by atoms with Crippen LogP contribution >= 0.6 is 0 Å². The summed E-state index contributed by atoms with van der Waals surface area (Å²) in [6.45, 7) is 0.826. The molecule has 2 aliphatic rings. The molecule has 22 heavy (non-hydrogen) atoms. The zero-order chi connectivity index (χ0) is 15.5. The van der Waals surface area contributed by atoms with E-state index < -0.39 is 12.0 Å². The normalized spacial score (nSPS) is 27.5. The first-order valence-electron chi connectivity index (χ1n) is 7.76. The van der Waals surface area contributed by atoms with Gasteiger partial charge < -0.3 is 10.4 Å². The summed E-state index contributed by atoms with van der Waals surface area (Å²) in [6.07, 6.45) is 3.17. The Balaban J connectivity index is 1.62. The summed E-state index contributed by atoms with van der Waals surface area (Å²) in [7, 11) is 0. The maximum Gasteiger partial charge on any atom is 0.173 e. The van der Waals surface area contributed by atoms with Gasteiger partial charge in [0, 0.05) is 30.7 Å². The number of Topliss-reactive ketones (excluding diaryl/α,β-unsaturated/α-hetero) is 2. The molecule has 1 aromatic carbocycles. The van der Waals surface area contributed by atoms with Crippen molar-refractivity contribution in [2.45, 2.75) is 37.8 Å². The molecule has 0 radical (unpaired) electrons. The lowest BCUT2D eigenvalue weighted by molar-refractivity contribution is -0.120. The number of hydrogen-bond donors (Lipinski definition) is 2. The fourth-order valence-electron chi connectivity index (χ4n) is 3.10. The Kier molecular flexibility index (Phi) is 4.45. The van der Waals surface area contributed by atoms with Crippen LogP contribution in [0.2, 0.25) is 0 Å². The number of aliphatic hydroxyl groups excluding tert-OH is 1. The van der Waals surface area contributed by atoms with Crippen molar-refractivity contribution in [3.8, 4) is 0 Å². The van der Waals surface area contributed by atoms with Gasteiger partial charge in [0.15, 0.2) is 5.78 Å². The number of para-hydroxylation sites is 1. The average Bonchev–Trinajstić information content (AvgIpc) is 2.53. The van der Waals surface area contributed by atoms with Gasteiger partial charge in [-0.1, -0.05) is 12.1 Å². The fourth-order valence-corrected chi connectivity index (χ4v) is 3.10. The van der Waals surface area contributed by atoms with Gasteiger partial charge in [0.1, 0.15) is 5.78 Å². The highest BCUT2D eigenvalue weighted by atomic mass is 16.3. The SMILES string of the molecule is O=C(CC1C=Nc2ccccc2C1=O)CC1NCCCC1O. The lowest BCUT2D eigenvalue weighted by Gasteiger charge is -2.28. The number of hydrogen-bond acceptors (Lipinski definition) is 5.